The molecule has 2 aliphatic rings. The summed E-state index contributed by atoms with van der Waals surface area (Å²) < 4.78 is 0. The van der Waals surface area contributed by atoms with Gasteiger partial charge in [0.05, 0.1) is 12.5 Å². The van der Waals surface area contributed by atoms with E-state index in [9.17, 15) is 9.59 Å². The van der Waals surface area contributed by atoms with Crippen LogP contribution in [0.25, 0.3) is 0 Å². The number of amides is 1. The number of carbonyl (C=O) groups excluding carboxylic acids is 1. The van der Waals surface area contributed by atoms with Crippen LogP contribution in [0.2, 0.25) is 0 Å². The van der Waals surface area contributed by atoms with Crippen LogP contribution in [0.5, 0.6) is 0 Å². The number of aliphatic carboxylic acids is 1. The largest absolute Gasteiger partial charge is 0.481 e. The molecule has 0 aromatic heterocycles. The van der Waals surface area contributed by atoms with E-state index in [0.717, 1.165) is 23.8 Å². The zero-order chi connectivity index (χ0) is 13.7. The Bertz CT molecular complexity index is 329. The fraction of sp³-hybridized carbons (Fsp3) is 0.857. The van der Waals surface area contributed by atoms with Gasteiger partial charge in [0.2, 0.25) is 5.91 Å². The van der Waals surface area contributed by atoms with E-state index < -0.39 is 5.97 Å². The van der Waals surface area contributed by atoms with Crippen molar-refractivity contribution in [2.45, 2.75) is 51.0 Å². The fourth-order valence-electron chi connectivity index (χ4n) is 3.12. The molecule has 1 amide bonds. The van der Waals surface area contributed by atoms with Crippen molar-refractivity contribution in [2.75, 3.05) is 18.1 Å². The first kappa shape index (κ1) is 14.7. The van der Waals surface area contributed by atoms with Gasteiger partial charge in [0, 0.05) is 24.5 Å². The molecule has 5 heteroatoms. The van der Waals surface area contributed by atoms with Crippen LogP contribution in [0.1, 0.15) is 44.9 Å². The summed E-state index contributed by atoms with van der Waals surface area (Å²) in [4.78, 5) is 24.9. The average molecular weight is 285 g/mol. The summed E-state index contributed by atoms with van der Waals surface area (Å²) in [5.74, 6) is 1.79. The molecule has 1 saturated carbocycles. The third kappa shape index (κ3) is 4.41. The number of carbonyl (C=O) groups is 2. The highest BCUT2D eigenvalue weighted by atomic mass is 32.2. The second-order valence-corrected chi connectivity index (χ2v) is 6.75. The molecule has 1 aliphatic carbocycles. The number of carboxylic acid groups (broad SMARTS) is 1. The number of hydrogen-bond acceptors (Lipinski definition) is 3. The molecule has 1 unspecified atom stereocenters. The molecular formula is C14H23NO3S. The predicted molar refractivity (Wildman–Crippen MR) is 76.3 cm³/mol. The molecule has 2 rings (SSSR count). The molecule has 0 bridgehead atoms. The van der Waals surface area contributed by atoms with Crippen LogP contribution in [-0.2, 0) is 9.59 Å². The maximum Gasteiger partial charge on any atom is 0.305 e. The smallest absolute Gasteiger partial charge is 0.305 e. The Morgan fingerprint density at radius 3 is 2.68 bits per heavy atom. The fourth-order valence-corrected chi connectivity index (χ4v) is 4.19. The minimum Gasteiger partial charge on any atom is -0.481 e. The van der Waals surface area contributed by atoms with Gasteiger partial charge in [0.15, 0.2) is 0 Å². The molecular weight excluding hydrogens is 262 g/mol. The summed E-state index contributed by atoms with van der Waals surface area (Å²) in [6, 6.07) is -0.104. The van der Waals surface area contributed by atoms with Crippen molar-refractivity contribution in [1.29, 1.82) is 0 Å². The zero-order valence-electron chi connectivity index (χ0n) is 11.3. The quantitative estimate of drug-likeness (QED) is 0.842. The third-order valence-electron chi connectivity index (χ3n) is 4.20. The summed E-state index contributed by atoms with van der Waals surface area (Å²) in [5.41, 5.74) is 0. The highest BCUT2D eigenvalue weighted by Gasteiger charge is 2.29. The van der Waals surface area contributed by atoms with Gasteiger partial charge in [0.25, 0.3) is 0 Å². The summed E-state index contributed by atoms with van der Waals surface area (Å²) in [5, 5.41) is 8.92. The maximum absolute atomic E-state index is 12.3. The molecule has 0 aromatic rings. The van der Waals surface area contributed by atoms with E-state index in [1.807, 2.05) is 4.90 Å². The topological polar surface area (TPSA) is 57.6 Å². The lowest BCUT2D eigenvalue weighted by Gasteiger charge is -2.35. The van der Waals surface area contributed by atoms with Gasteiger partial charge in [-0.3, -0.25) is 9.59 Å². The Morgan fingerprint density at radius 1 is 1.26 bits per heavy atom. The summed E-state index contributed by atoms with van der Waals surface area (Å²) in [7, 11) is 0. The lowest BCUT2D eigenvalue weighted by molar-refractivity contribution is -0.140. The van der Waals surface area contributed by atoms with Crippen molar-refractivity contribution >= 4 is 23.6 Å². The van der Waals surface area contributed by atoms with Crippen LogP contribution in [-0.4, -0.2) is 46.0 Å². The van der Waals surface area contributed by atoms with E-state index in [2.05, 4.69) is 0 Å². The Balaban J connectivity index is 1.82. The number of rotatable bonds is 5. The van der Waals surface area contributed by atoms with Crippen molar-refractivity contribution in [3.05, 3.63) is 0 Å². The van der Waals surface area contributed by atoms with Crippen LogP contribution in [0.3, 0.4) is 0 Å². The maximum atomic E-state index is 12.3. The Hall–Kier alpha value is -0.710. The first-order valence-electron chi connectivity index (χ1n) is 7.26. The normalized spacial score (nSPS) is 24.6. The summed E-state index contributed by atoms with van der Waals surface area (Å²) >= 11 is 1.75. The van der Waals surface area contributed by atoms with Crippen molar-refractivity contribution < 1.29 is 14.7 Å². The minimum absolute atomic E-state index is 0.0855. The standard InChI is InChI=1S/C14H23NO3S/c16-13(6-5-11-3-1-2-4-11)15-7-8-19-10-12(15)9-14(17)18/h11-12H,1-10H2,(H,17,18). The summed E-state index contributed by atoms with van der Waals surface area (Å²) in [6.07, 6.45) is 6.82. The van der Waals surface area contributed by atoms with Crippen molar-refractivity contribution in [2.24, 2.45) is 5.92 Å². The molecule has 19 heavy (non-hydrogen) atoms. The van der Waals surface area contributed by atoms with Crippen molar-refractivity contribution in [3.8, 4) is 0 Å². The zero-order valence-corrected chi connectivity index (χ0v) is 12.2. The number of nitrogens with zero attached hydrogens (tertiary/aromatic N) is 1. The molecule has 2 fully saturated rings. The minimum atomic E-state index is -0.805. The average Bonchev–Trinajstić information content (AvgIpc) is 2.89. The Kier molecular flexibility index (Phi) is 5.55. The summed E-state index contributed by atoms with van der Waals surface area (Å²) in [6.45, 7) is 0.714. The molecule has 1 saturated heterocycles. The van der Waals surface area contributed by atoms with Gasteiger partial charge >= 0.3 is 5.97 Å². The Morgan fingerprint density at radius 2 is 2.00 bits per heavy atom. The molecule has 1 heterocycles. The van der Waals surface area contributed by atoms with E-state index in [1.54, 1.807) is 11.8 Å². The van der Waals surface area contributed by atoms with Gasteiger partial charge in [-0.1, -0.05) is 25.7 Å². The lowest BCUT2D eigenvalue weighted by atomic mass is 10.0. The van der Waals surface area contributed by atoms with E-state index in [-0.39, 0.29) is 18.4 Å². The van der Waals surface area contributed by atoms with Crippen LogP contribution < -0.4 is 0 Å². The second-order valence-electron chi connectivity index (χ2n) is 5.60. The number of thioether (sulfide) groups is 1. The van der Waals surface area contributed by atoms with E-state index in [1.165, 1.54) is 25.7 Å². The Labute approximate surface area is 118 Å². The van der Waals surface area contributed by atoms with Gasteiger partial charge in [-0.25, -0.2) is 0 Å². The molecule has 0 spiro atoms. The van der Waals surface area contributed by atoms with Gasteiger partial charge in [-0.15, -0.1) is 0 Å². The monoisotopic (exact) mass is 285 g/mol. The molecule has 0 radical (unpaired) electrons. The number of hydrogen-bond donors (Lipinski definition) is 1. The van der Waals surface area contributed by atoms with Crippen LogP contribution in [0.15, 0.2) is 0 Å². The molecule has 4 nitrogen and oxygen atoms in total. The predicted octanol–water partition coefficient (Wildman–Crippen LogP) is 2.38. The van der Waals surface area contributed by atoms with Crippen molar-refractivity contribution in [3.63, 3.8) is 0 Å². The highest BCUT2D eigenvalue weighted by molar-refractivity contribution is 7.99. The van der Waals surface area contributed by atoms with E-state index in [0.29, 0.717) is 13.0 Å². The van der Waals surface area contributed by atoms with Gasteiger partial charge in [-0.05, 0) is 12.3 Å². The highest BCUT2D eigenvalue weighted by Crippen LogP contribution is 2.29. The van der Waals surface area contributed by atoms with Crippen LogP contribution in [0, 0.1) is 5.92 Å². The van der Waals surface area contributed by atoms with E-state index in [4.69, 9.17) is 5.11 Å². The first-order chi connectivity index (χ1) is 9.16. The molecule has 108 valence electrons. The second kappa shape index (κ2) is 7.17. The SMILES string of the molecule is O=C(O)CC1CSCCN1C(=O)CCC1CCCC1. The molecule has 1 atom stereocenters. The van der Waals surface area contributed by atoms with Crippen molar-refractivity contribution in [1.82, 2.24) is 4.90 Å². The first-order valence-corrected chi connectivity index (χ1v) is 8.41. The lowest BCUT2D eigenvalue weighted by Crippen LogP contribution is -2.47. The number of carboxylic acids is 1. The third-order valence-corrected chi connectivity index (χ3v) is 5.29. The van der Waals surface area contributed by atoms with E-state index >= 15 is 0 Å². The van der Waals surface area contributed by atoms with Gasteiger partial charge in [-0.2, -0.15) is 11.8 Å². The molecule has 1 N–H and O–H groups in total. The van der Waals surface area contributed by atoms with Crippen LogP contribution in [0.4, 0.5) is 0 Å². The van der Waals surface area contributed by atoms with Crippen LogP contribution >= 0.6 is 11.8 Å². The van der Waals surface area contributed by atoms with Gasteiger partial charge in [0.1, 0.15) is 0 Å². The molecule has 0 aromatic carbocycles. The molecule has 1 aliphatic heterocycles. The van der Waals surface area contributed by atoms with Gasteiger partial charge < -0.3 is 10.0 Å².